The van der Waals surface area contributed by atoms with E-state index in [0.717, 1.165) is 12.1 Å². The van der Waals surface area contributed by atoms with Crippen molar-refractivity contribution in [3.63, 3.8) is 0 Å². The van der Waals surface area contributed by atoms with E-state index in [-0.39, 0.29) is 0 Å². The van der Waals surface area contributed by atoms with Crippen LogP contribution in [0.3, 0.4) is 0 Å². The van der Waals surface area contributed by atoms with Crippen LogP contribution >= 0.6 is 0 Å². The Morgan fingerprint density at radius 3 is 2.62 bits per heavy atom. The van der Waals surface area contributed by atoms with Gasteiger partial charge in [-0.25, -0.2) is 0 Å². The Balaban J connectivity index is 2.33. The zero-order valence-corrected chi connectivity index (χ0v) is 9.29. The van der Waals surface area contributed by atoms with Gasteiger partial charge >= 0.3 is 0 Å². The molecule has 13 heavy (non-hydrogen) atoms. The second-order valence-electron chi connectivity index (χ2n) is 4.53. The zero-order valence-electron chi connectivity index (χ0n) is 9.29. The van der Waals surface area contributed by atoms with Crippen molar-refractivity contribution in [3.05, 3.63) is 0 Å². The highest BCUT2D eigenvalue weighted by Crippen LogP contribution is 2.24. The van der Waals surface area contributed by atoms with Gasteiger partial charge in [0.1, 0.15) is 0 Å². The summed E-state index contributed by atoms with van der Waals surface area (Å²) in [5.74, 6) is 0. The van der Waals surface area contributed by atoms with Crippen LogP contribution in [0.5, 0.6) is 0 Å². The maximum absolute atomic E-state index is 5.91. The maximum atomic E-state index is 5.91. The summed E-state index contributed by atoms with van der Waals surface area (Å²) in [6.07, 6.45) is 6.30. The zero-order chi connectivity index (χ0) is 9.84. The van der Waals surface area contributed by atoms with Gasteiger partial charge in [0.2, 0.25) is 0 Å². The van der Waals surface area contributed by atoms with Gasteiger partial charge in [0, 0.05) is 18.1 Å². The Labute approximate surface area is 82.5 Å². The molecular formula is C11H24N2. The lowest BCUT2D eigenvalue weighted by molar-refractivity contribution is 0.176. The summed E-state index contributed by atoms with van der Waals surface area (Å²) in [6.45, 7) is 4.58. The lowest BCUT2D eigenvalue weighted by Gasteiger charge is -2.30. The third-order valence-corrected chi connectivity index (χ3v) is 3.42. The molecule has 1 saturated carbocycles. The first-order chi connectivity index (χ1) is 6.15. The highest BCUT2D eigenvalue weighted by atomic mass is 15.2. The van der Waals surface area contributed by atoms with Crippen LogP contribution in [0.4, 0.5) is 0 Å². The first kappa shape index (κ1) is 11.0. The number of nitrogens with two attached hydrogens (primary N) is 1. The van der Waals surface area contributed by atoms with Crippen molar-refractivity contribution in [2.75, 3.05) is 7.05 Å². The summed E-state index contributed by atoms with van der Waals surface area (Å²) in [5, 5.41) is 0. The number of nitrogens with zero attached hydrogens (tertiary/aromatic N) is 1. The van der Waals surface area contributed by atoms with Gasteiger partial charge < -0.3 is 10.6 Å². The monoisotopic (exact) mass is 184 g/mol. The summed E-state index contributed by atoms with van der Waals surface area (Å²) in [5.41, 5.74) is 5.91. The van der Waals surface area contributed by atoms with Crippen molar-refractivity contribution in [2.24, 2.45) is 5.73 Å². The van der Waals surface area contributed by atoms with Crippen molar-refractivity contribution in [2.45, 2.75) is 64.1 Å². The molecule has 2 nitrogen and oxygen atoms in total. The lowest BCUT2D eigenvalue weighted by Crippen LogP contribution is -2.37. The topological polar surface area (TPSA) is 29.3 Å². The summed E-state index contributed by atoms with van der Waals surface area (Å²) < 4.78 is 0. The third kappa shape index (κ3) is 2.96. The molecule has 78 valence electrons. The molecule has 0 amide bonds. The summed E-state index contributed by atoms with van der Waals surface area (Å²) >= 11 is 0. The molecule has 1 aliphatic rings. The quantitative estimate of drug-likeness (QED) is 0.724. The van der Waals surface area contributed by atoms with Gasteiger partial charge in [0.15, 0.2) is 0 Å². The molecule has 0 aromatic rings. The standard InChI is InChI=1S/C11H24N2/c1-4-5-9(2)13(3)11-7-6-10(12)8-11/h9-11H,4-8,12H2,1-3H3. The van der Waals surface area contributed by atoms with Gasteiger partial charge in [-0.3, -0.25) is 0 Å². The van der Waals surface area contributed by atoms with Crippen LogP contribution in [-0.2, 0) is 0 Å². The fourth-order valence-corrected chi connectivity index (χ4v) is 2.34. The van der Waals surface area contributed by atoms with E-state index >= 15 is 0 Å². The van der Waals surface area contributed by atoms with Gasteiger partial charge in [-0.1, -0.05) is 13.3 Å². The normalized spacial score (nSPS) is 31.2. The lowest BCUT2D eigenvalue weighted by atomic mass is 10.1. The predicted molar refractivity (Wildman–Crippen MR) is 57.7 cm³/mol. The van der Waals surface area contributed by atoms with Crippen LogP contribution in [-0.4, -0.2) is 30.1 Å². The van der Waals surface area contributed by atoms with Gasteiger partial charge in [0.25, 0.3) is 0 Å². The largest absolute Gasteiger partial charge is 0.328 e. The highest BCUT2D eigenvalue weighted by molar-refractivity contribution is 4.85. The van der Waals surface area contributed by atoms with Crippen LogP contribution in [0.25, 0.3) is 0 Å². The minimum absolute atomic E-state index is 0.460. The summed E-state index contributed by atoms with van der Waals surface area (Å²) in [7, 11) is 2.25. The molecule has 3 atom stereocenters. The van der Waals surface area contributed by atoms with Crippen molar-refractivity contribution in [1.29, 1.82) is 0 Å². The molecule has 1 aliphatic carbocycles. The Morgan fingerprint density at radius 2 is 2.15 bits per heavy atom. The average molecular weight is 184 g/mol. The molecular weight excluding hydrogens is 160 g/mol. The first-order valence-corrected chi connectivity index (χ1v) is 5.62. The molecule has 0 aromatic carbocycles. The third-order valence-electron chi connectivity index (χ3n) is 3.42. The van der Waals surface area contributed by atoms with E-state index in [1.54, 1.807) is 0 Å². The van der Waals surface area contributed by atoms with Crippen LogP contribution < -0.4 is 5.73 Å². The molecule has 0 bridgehead atoms. The number of rotatable bonds is 4. The van der Waals surface area contributed by atoms with Crippen molar-refractivity contribution in [1.82, 2.24) is 4.90 Å². The first-order valence-electron chi connectivity index (χ1n) is 5.62. The Hall–Kier alpha value is -0.0800. The van der Waals surface area contributed by atoms with E-state index in [1.807, 2.05) is 0 Å². The number of hydrogen-bond acceptors (Lipinski definition) is 2. The Kier molecular flexibility index (Phi) is 4.20. The molecule has 1 rings (SSSR count). The van der Waals surface area contributed by atoms with Gasteiger partial charge in [-0.05, 0) is 39.7 Å². The van der Waals surface area contributed by atoms with Crippen molar-refractivity contribution >= 4 is 0 Å². The summed E-state index contributed by atoms with van der Waals surface area (Å²) in [4.78, 5) is 2.52. The molecule has 2 heteroatoms. The van der Waals surface area contributed by atoms with Crippen LogP contribution in [0, 0.1) is 0 Å². The second-order valence-corrected chi connectivity index (χ2v) is 4.53. The second kappa shape index (κ2) is 4.97. The van der Waals surface area contributed by atoms with E-state index in [2.05, 4.69) is 25.8 Å². The van der Waals surface area contributed by atoms with E-state index in [9.17, 15) is 0 Å². The number of hydrogen-bond donors (Lipinski definition) is 1. The average Bonchev–Trinajstić information content (AvgIpc) is 2.51. The van der Waals surface area contributed by atoms with E-state index in [0.29, 0.717) is 6.04 Å². The van der Waals surface area contributed by atoms with E-state index in [4.69, 9.17) is 5.73 Å². The van der Waals surface area contributed by atoms with Gasteiger partial charge in [-0.2, -0.15) is 0 Å². The minimum Gasteiger partial charge on any atom is -0.328 e. The van der Waals surface area contributed by atoms with Crippen molar-refractivity contribution < 1.29 is 0 Å². The minimum atomic E-state index is 0.460. The smallest absolute Gasteiger partial charge is 0.0110 e. The molecule has 0 spiro atoms. The molecule has 0 aliphatic heterocycles. The summed E-state index contributed by atoms with van der Waals surface area (Å²) in [6, 6.07) is 1.93. The molecule has 0 aromatic heterocycles. The SMILES string of the molecule is CCCC(C)N(C)C1CCC(N)C1. The molecule has 2 N–H and O–H groups in total. The van der Waals surface area contributed by atoms with Crippen molar-refractivity contribution in [3.8, 4) is 0 Å². The van der Waals surface area contributed by atoms with Gasteiger partial charge in [-0.15, -0.1) is 0 Å². The predicted octanol–water partition coefficient (Wildman–Crippen LogP) is 1.99. The van der Waals surface area contributed by atoms with Gasteiger partial charge in [0.05, 0.1) is 0 Å². The van der Waals surface area contributed by atoms with E-state index in [1.165, 1.54) is 32.1 Å². The molecule has 0 saturated heterocycles. The molecule has 0 radical (unpaired) electrons. The highest BCUT2D eigenvalue weighted by Gasteiger charge is 2.26. The fraction of sp³-hybridized carbons (Fsp3) is 1.00. The molecule has 3 unspecified atom stereocenters. The molecule has 1 fully saturated rings. The van der Waals surface area contributed by atoms with E-state index < -0.39 is 0 Å². The Bertz CT molecular complexity index is 147. The molecule has 0 heterocycles. The van der Waals surface area contributed by atoms with Crippen LogP contribution in [0.1, 0.15) is 46.0 Å². The fourth-order valence-electron chi connectivity index (χ4n) is 2.34. The Morgan fingerprint density at radius 1 is 1.46 bits per heavy atom. The van der Waals surface area contributed by atoms with Crippen LogP contribution in [0.2, 0.25) is 0 Å². The van der Waals surface area contributed by atoms with Crippen LogP contribution in [0.15, 0.2) is 0 Å². The maximum Gasteiger partial charge on any atom is 0.0110 e.